The van der Waals surface area contributed by atoms with Crippen molar-refractivity contribution in [2.24, 2.45) is 33.4 Å². The highest BCUT2D eigenvalue weighted by molar-refractivity contribution is 5.96. The number of hydrogen-bond acceptors (Lipinski definition) is 7. The van der Waals surface area contributed by atoms with Crippen LogP contribution in [0.25, 0.3) is 0 Å². The maximum Gasteiger partial charge on any atom is 0.168 e. The number of methoxy groups -OCH3 is 1. The minimum Gasteiger partial charge on any atom is -0.380 e. The molecule has 0 unspecified atom stereocenters. The molecular formula is C15H20N8O. The van der Waals surface area contributed by atoms with Crippen LogP contribution in [0.2, 0.25) is 0 Å². The number of ether oxygens (including phenoxy) is 1. The van der Waals surface area contributed by atoms with E-state index in [-0.39, 0.29) is 11.7 Å². The maximum absolute atomic E-state index is 5.73. The summed E-state index contributed by atoms with van der Waals surface area (Å²) in [5.41, 5.74) is 12.6. The van der Waals surface area contributed by atoms with Gasteiger partial charge in [-0.15, -0.1) is 0 Å². The lowest BCUT2D eigenvalue weighted by Gasteiger charge is -2.27. The highest BCUT2D eigenvalue weighted by atomic mass is 16.5. The van der Waals surface area contributed by atoms with Crippen molar-refractivity contribution in [2.45, 2.75) is 12.5 Å². The van der Waals surface area contributed by atoms with Crippen molar-refractivity contribution < 1.29 is 4.74 Å². The Morgan fingerprint density at radius 2 is 1.33 bits per heavy atom. The SMILES string of the molecule is COC(C)(c1cccc(/C(N)=N/N)n1)c1cccc(/C(N)=N/N)n1. The van der Waals surface area contributed by atoms with E-state index in [1.54, 1.807) is 43.5 Å². The second kappa shape index (κ2) is 6.92. The summed E-state index contributed by atoms with van der Waals surface area (Å²) in [7, 11) is 1.56. The summed E-state index contributed by atoms with van der Waals surface area (Å²) in [5, 5.41) is 6.92. The Labute approximate surface area is 139 Å². The first-order valence-corrected chi connectivity index (χ1v) is 7.04. The molecule has 0 aliphatic heterocycles. The van der Waals surface area contributed by atoms with Gasteiger partial charge >= 0.3 is 0 Å². The van der Waals surface area contributed by atoms with Gasteiger partial charge in [0.15, 0.2) is 11.7 Å². The zero-order valence-corrected chi connectivity index (χ0v) is 13.5. The number of hydrogen-bond donors (Lipinski definition) is 4. The zero-order chi connectivity index (χ0) is 17.7. The monoisotopic (exact) mass is 328 g/mol. The molecule has 0 radical (unpaired) electrons. The highest BCUT2D eigenvalue weighted by Crippen LogP contribution is 2.30. The molecule has 2 heterocycles. The minimum atomic E-state index is -0.949. The molecule has 0 aliphatic rings. The summed E-state index contributed by atoms with van der Waals surface area (Å²) >= 11 is 0. The Kier molecular flexibility index (Phi) is 4.95. The third-order valence-corrected chi connectivity index (χ3v) is 3.69. The molecule has 9 nitrogen and oxygen atoms in total. The number of hydrazone groups is 2. The topological polar surface area (TPSA) is 164 Å². The average molecular weight is 328 g/mol. The van der Waals surface area contributed by atoms with Crippen LogP contribution in [-0.2, 0) is 10.3 Å². The lowest BCUT2D eigenvalue weighted by Crippen LogP contribution is -2.31. The molecule has 126 valence electrons. The first kappa shape index (κ1) is 17.2. The van der Waals surface area contributed by atoms with Gasteiger partial charge in [-0.2, -0.15) is 10.2 Å². The molecular weight excluding hydrogens is 308 g/mol. The van der Waals surface area contributed by atoms with E-state index in [0.29, 0.717) is 22.8 Å². The fourth-order valence-electron chi connectivity index (χ4n) is 2.16. The largest absolute Gasteiger partial charge is 0.380 e. The molecule has 0 aliphatic carbocycles. The van der Waals surface area contributed by atoms with Crippen molar-refractivity contribution in [1.29, 1.82) is 0 Å². The number of rotatable bonds is 5. The van der Waals surface area contributed by atoms with Crippen molar-refractivity contribution in [2.75, 3.05) is 7.11 Å². The Hall–Kier alpha value is -3.20. The lowest BCUT2D eigenvalue weighted by molar-refractivity contribution is 0.0316. The number of amidine groups is 2. The summed E-state index contributed by atoms with van der Waals surface area (Å²) in [6.07, 6.45) is 0. The molecule has 0 amide bonds. The number of nitrogens with two attached hydrogens (primary N) is 4. The van der Waals surface area contributed by atoms with Crippen LogP contribution in [0.5, 0.6) is 0 Å². The van der Waals surface area contributed by atoms with Gasteiger partial charge in [-0.05, 0) is 31.2 Å². The van der Waals surface area contributed by atoms with E-state index < -0.39 is 5.60 Å². The number of aromatic nitrogens is 2. The maximum atomic E-state index is 5.73. The van der Waals surface area contributed by atoms with Crippen LogP contribution >= 0.6 is 0 Å². The van der Waals surface area contributed by atoms with Gasteiger partial charge in [0.05, 0.1) is 11.4 Å². The summed E-state index contributed by atoms with van der Waals surface area (Å²) in [4.78, 5) is 8.94. The third-order valence-electron chi connectivity index (χ3n) is 3.69. The van der Waals surface area contributed by atoms with Gasteiger partial charge in [0.2, 0.25) is 0 Å². The fraction of sp³-hybridized carbons (Fsp3) is 0.200. The number of nitrogens with zero attached hydrogens (tertiary/aromatic N) is 4. The third kappa shape index (κ3) is 3.10. The van der Waals surface area contributed by atoms with E-state index in [1.807, 2.05) is 6.92 Å². The van der Waals surface area contributed by atoms with Crippen LogP contribution in [0.4, 0.5) is 0 Å². The molecule has 8 N–H and O–H groups in total. The highest BCUT2D eigenvalue weighted by Gasteiger charge is 2.32. The van der Waals surface area contributed by atoms with Gasteiger partial charge in [0.25, 0.3) is 0 Å². The van der Waals surface area contributed by atoms with E-state index >= 15 is 0 Å². The number of pyridine rings is 2. The van der Waals surface area contributed by atoms with E-state index in [4.69, 9.17) is 27.9 Å². The molecule has 0 saturated carbocycles. The molecule has 9 heteroatoms. The fourth-order valence-corrected chi connectivity index (χ4v) is 2.16. The summed E-state index contributed by atoms with van der Waals surface area (Å²) < 4.78 is 5.70. The van der Waals surface area contributed by atoms with Crippen LogP contribution in [0, 0.1) is 0 Å². The molecule has 0 atom stereocenters. The van der Waals surface area contributed by atoms with Crippen molar-refractivity contribution in [3.05, 3.63) is 59.2 Å². The summed E-state index contributed by atoms with van der Waals surface area (Å²) in [5.74, 6) is 10.7. The predicted octanol–water partition coefficient (Wildman–Crippen LogP) is -0.455. The second-order valence-corrected chi connectivity index (χ2v) is 5.08. The van der Waals surface area contributed by atoms with E-state index in [2.05, 4.69) is 20.2 Å². The molecule has 24 heavy (non-hydrogen) atoms. The van der Waals surface area contributed by atoms with Gasteiger partial charge in [0, 0.05) is 7.11 Å². The van der Waals surface area contributed by atoms with Gasteiger partial charge in [0.1, 0.15) is 17.0 Å². The van der Waals surface area contributed by atoms with Crippen molar-refractivity contribution in [3.8, 4) is 0 Å². The van der Waals surface area contributed by atoms with Crippen LogP contribution < -0.4 is 23.2 Å². The van der Waals surface area contributed by atoms with E-state index in [0.717, 1.165) is 0 Å². The Balaban J connectivity index is 2.57. The first-order chi connectivity index (χ1) is 11.5. The molecule has 2 aromatic heterocycles. The predicted molar refractivity (Wildman–Crippen MR) is 91.8 cm³/mol. The average Bonchev–Trinajstić information content (AvgIpc) is 2.66. The van der Waals surface area contributed by atoms with Gasteiger partial charge in [-0.1, -0.05) is 12.1 Å². The van der Waals surface area contributed by atoms with E-state index in [1.165, 1.54) is 0 Å². The zero-order valence-electron chi connectivity index (χ0n) is 13.5. The van der Waals surface area contributed by atoms with Crippen molar-refractivity contribution in [3.63, 3.8) is 0 Å². The van der Waals surface area contributed by atoms with E-state index in [9.17, 15) is 0 Å². The van der Waals surface area contributed by atoms with Crippen LogP contribution in [-0.4, -0.2) is 28.7 Å². The normalized spacial score (nSPS) is 13.1. The standard InChI is InChI=1S/C15H20N8O/c1-15(24-2,11-7-3-5-9(20-11)13(16)22-18)12-8-4-6-10(21-12)14(17)23-19/h3-8H,18-19H2,1-2H3,(H2,16,22)(H2,17,23). The molecule has 0 aromatic carbocycles. The quantitative estimate of drug-likeness (QED) is 0.250. The van der Waals surface area contributed by atoms with Crippen molar-refractivity contribution in [1.82, 2.24) is 9.97 Å². The van der Waals surface area contributed by atoms with Crippen LogP contribution in [0.1, 0.15) is 29.7 Å². The summed E-state index contributed by atoms with van der Waals surface area (Å²) in [6, 6.07) is 10.6. The first-order valence-electron chi connectivity index (χ1n) is 7.04. The summed E-state index contributed by atoms with van der Waals surface area (Å²) in [6.45, 7) is 1.83. The molecule has 0 spiro atoms. The van der Waals surface area contributed by atoms with Crippen LogP contribution in [0.15, 0.2) is 46.6 Å². The molecule has 2 rings (SSSR count). The van der Waals surface area contributed by atoms with Gasteiger partial charge < -0.3 is 27.9 Å². The molecule has 0 bridgehead atoms. The smallest absolute Gasteiger partial charge is 0.168 e. The van der Waals surface area contributed by atoms with Crippen molar-refractivity contribution >= 4 is 11.7 Å². The Morgan fingerprint density at radius 1 is 0.917 bits per heavy atom. The molecule has 2 aromatic rings. The molecule has 0 fully saturated rings. The minimum absolute atomic E-state index is 0.122. The Morgan fingerprint density at radius 3 is 1.67 bits per heavy atom. The van der Waals surface area contributed by atoms with Gasteiger partial charge in [-0.25, -0.2) is 9.97 Å². The second-order valence-electron chi connectivity index (χ2n) is 5.08. The van der Waals surface area contributed by atoms with Crippen LogP contribution in [0.3, 0.4) is 0 Å². The molecule has 0 saturated heterocycles. The van der Waals surface area contributed by atoms with Gasteiger partial charge in [-0.3, -0.25) is 0 Å². The lowest BCUT2D eigenvalue weighted by atomic mass is 9.95. The Bertz CT molecular complexity index is 725.